The maximum Gasteiger partial charge on any atom is 0.351 e. The van der Waals surface area contributed by atoms with E-state index in [4.69, 9.17) is 16.7 Å². The van der Waals surface area contributed by atoms with Crippen molar-refractivity contribution in [1.29, 1.82) is 0 Å². The Morgan fingerprint density at radius 2 is 2.44 bits per heavy atom. The molecule has 0 atom stereocenters. The van der Waals surface area contributed by atoms with E-state index >= 15 is 0 Å². The average Bonchev–Trinajstić information content (AvgIpc) is 2.95. The molecule has 0 saturated heterocycles. The molecule has 1 fully saturated rings. The molecule has 1 aliphatic rings. The second kappa shape index (κ2) is 4.20. The smallest absolute Gasteiger partial charge is 0.351 e. The van der Waals surface area contributed by atoms with Gasteiger partial charge in [-0.25, -0.2) is 9.78 Å². The molecule has 2 rings (SSSR count). The van der Waals surface area contributed by atoms with E-state index in [0.717, 1.165) is 24.2 Å². The second-order valence-corrected chi connectivity index (χ2v) is 5.05. The van der Waals surface area contributed by atoms with Crippen LogP contribution in [-0.4, -0.2) is 35.3 Å². The lowest BCUT2D eigenvalue weighted by molar-refractivity contribution is 0.0606. The highest BCUT2D eigenvalue weighted by Crippen LogP contribution is 2.40. The Bertz CT molecular complexity index is 417. The molecule has 0 bridgehead atoms. The molecule has 1 saturated carbocycles. The maximum atomic E-state index is 11.3. The van der Waals surface area contributed by atoms with Gasteiger partial charge in [-0.15, -0.1) is 0 Å². The number of nitrogens with one attached hydrogen (secondary N) is 1. The van der Waals surface area contributed by atoms with Crippen molar-refractivity contribution in [2.75, 3.05) is 19.0 Å². The molecule has 0 spiro atoms. The van der Waals surface area contributed by atoms with Crippen LogP contribution in [0.5, 0.6) is 0 Å². The normalized spacial score (nSPS) is 16.9. The average molecular weight is 263 g/mol. The predicted octanol–water partition coefficient (Wildman–Crippen LogP) is 1.52. The van der Waals surface area contributed by atoms with Crippen LogP contribution in [0.4, 0.5) is 5.13 Å². The van der Waals surface area contributed by atoms with Crippen molar-refractivity contribution in [3.63, 3.8) is 0 Å². The van der Waals surface area contributed by atoms with Gasteiger partial charge >= 0.3 is 5.97 Å². The molecule has 7 heteroatoms. The monoisotopic (exact) mass is 262 g/mol. The van der Waals surface area contributed by atoms with E-state index in [-0.39, 0.29) is 22.2 Å². The number of carbonyl (C=O) groups excluding carboxylic acids is 1. The van der Waals surface area contributed by atoms with E-state index < -0.39 is 5.97 Å². The Morgan fingerprint density at radius 3 is 2.94 bits per heavy atom. The zero-order chi connectivity index (χ0) is 11.8. The summed E-state index contributed by atoms with van der Waals surface area (Å²) in [4.78, 5) is 15.6. The number of ether oxygens (including phenoxy) is 1. The van der Waals surface area contributed by atoms with Crippen molar-refractivity contribution in [3.05, 3.63) is 10.0 Å². The van der Waals surface area contributed by atoms with Gasteiger partial charge < -0.3 is 15.2 Å². The van der Waals surface area contributed by atoms with E-state index in [0.29, 0.717) is 5.13 Å². The van der Waals surface area contributed by atoms with Crippen LogP contribution in [-0.2, 0) is 4.74 Å². The predicted molar refractivity (Wildman–Crippen MR) is 61.1 cm³/mol. The molecular formula is C9H11ClN2O3S. The Morgan fingerprint density at radius 1 is 1.75 bits per heavy atom. The van der Waals surface area contributed by atoms with E-state index in [1.807, 2.05) is 0 Å². The number of nitrogens with zero attached hydrogens (tertiary/aromatic N) is 1. The standard InChI is InChI=1S/C9H11ClN2O3S/c1-15-7(14)5-6(10)11-8(16-5)12-9(4-13)2-3-9/h13H,2-4H2,1H3,(H,11,12). The Labute approximate surface area is 101 Å². The van der Waals surface area contributed by atoms with Crippen molar-refractivity contribution >= 4 is 34.0 Å². The summed E-state index contributed by atoms with van der Waals surface area (Å²) < 4.78 is 4.57. The first kappa shape index (κ1) is 11.6. The van der Waals surface area contributed by atoms with E-state index in [2.05, 4.69) is 15.0 Å². The van der Waals surface area contributed by atoms with E-state index in [1.165, 1.54) is 7.11 Å². The molecule has 88 valence electrons. The lowest BCUT2D eigenvalue weighted by Gasteiger charge is -2.11. The number of aliphatic hydroxyl groups excluding tert-OH is 1. The van der Waals surface area contributed by atoms with Crippen LogP contribution < -0.4 is 5.32 Å². The molecule has 2 N–H and O–H groups in total. The summed E-state index contributed by atoms with van der Waals surface area (Å²) in [6.07, 6.45) is 1.79. The first-order valence-electron chi connectivity index (χ1n) is 4.74. The number of hydrogen-bond donors (Lipinski definition) is 2. The van der Waals surface area contributed by atoms with Gasteiger partial charge in [-0.1, -0.05) is 22.9 Å². The Hall–Kier alpha value is -0.850. The van der Waals surface area contributed by atoms with Gasteiger partial charge in [0.25, 0.3) is 0 Å². The highest BCUT2D eigenvalue weighted by molar-refractivity contribution is 7.18. The summed E-state index contributed by atoms with van der Waals surface area (Å²) in [7, 11) is 1.29. The van der Waals surface area contributed by atoms with Crippen molar-refractivity contribution < 1.29 is 14.6 Å². The lowest BCUT2D eigenvalue weighted by Crippen LogP contribution is -2.25. The van der Waals surface area contributed by atoms with Crippen molar-refractivity contribution in [2.45, 2.75) is 18.4 Å². The number of anilines is 1. The number of thiazole rings is 1. The van der Waals surface area contributed by atoms with Crippen LogP contribution >= 0.6 is 22.9 Å². The number of hydrogen-bond acceptors (Lipinski definition) is 6. The summed E-state index contributed by atoms with van der Waals surface area (Å²) in [5, 5.41) is 12.9. The third-order valence-electron chi connectivity index (χ3n) is 2.48. The molecule has 0 amide bonds. The largest absolute Gasteiger partial charge is 0.465 e. The second-order valence-electron chi connectivity index (χ2n) is 3.69. The first-order valence-corrected chi connectivity index (χ1v) is 5.93. The summed E-state index contributed by atoms with van der Waals surface area (Å²) in [6, 6.07) is 0. The number of carbonyl (C=O) groups is 1. The number of esters is 1. The van der Waals surface area contributed by atoms with Crippen LogP contribution in [0.25, 0.3) is 0 Å². The summed E-state index contributed by atoms with van der Waals surface area (Å²) in [5.41, 5.74) is -0.269. The fourth-order valence-electron chi connectivity index (χ4n) is 1.27. The molecule has 0 aliphatic heterocycles. The van der Waals surface area contributed by atoms with Crippen molar-refractivity contribution in [3.8, 4) is 0 Å². The number of rotatable bonds is 4. The summed E-state index contributed by atoms with van der Waals surface area (Å²) in [5.74, 6) is -0.496. The maximum absolute atomic E-state index is 11.3. The van der Waals surface area contributed by atoms with Gasteiger partial charge in [-0.2, -0.15) is 0 Å². The third-order valence-corrected chi connectivity index (χ3v) is 3.82. The van der Waals surface area contributed by atoms with Crippen LogP contribution in [0.15, 0.2) is 0 Å². The molecule has 1 aromatic heterocycles. The number of halogens is 1. The van der Waals surface area contributed by atoms with Gasteiger partial charge in [0.05, 0.1) is 19.3 Å². The minimum atomic E-state index is -0.496. The van der Waals surface area contributed by atoms with Gasteiger partial charge in [0.2, 0.25) is 0 Å². The molecule has 0 unspecified atom stereocenters. The third kappa shape index (κ3) is 2.14. The number of aromatic nitrogens is 1. The van der Waals surface area contributed by atoms with Gasteiger partial charge in [0.15, 0.2) is 15.2 Å². The van der Waals surface area contributed by atoms with Crippen LogP contribution in [0.2, 0.25) is 5.15 Å². The number of methoxy groups -OCH3 is 1. The Balaban J connectivity index is 2.15. The SMILES string of the molecule is COC(=O)c1sc(NC2(CO)CC2)nc1Cl. The van der Waals surface area contributed by atoms with Crippen molar-refractivity contribution in [2.24, 2.45) is 0 Å². The topological polar surface area (TPSA) is 71.5 Å². The van der Waals surface area contributed by atoms with Crippen LogP contribution in [0, 0.1) is 0 Å². The van der Waals surface area contributed by atoms with Gasteiger partial charge in [0.1, 0.15) is 0 Å². The molecule has 5 nitrogen and oxygen atoms in total. The number of aliphatic hydroxyl groups is 1. The van der Waals surface area contributed by atoms with Crippen molar-refractivity contribution in [1.82, 2.24) is 4.98 Å². The van der Waals surface area contributed by atoms with Gasteiger partial charge in [-0.05, 0) is 12.8 Å². The highest BCUT2D eigenvalue weighted by atomic mass is 35.5. The fourth-order valence-corrected chi connectivity index (χ4v) is 2.50. The molecular weight excluding hydrogens is 252 g/mol. The quantitative estimate of drug-likeness (QED) is 0.805. The lowest BCUT2D eigenvalue weighted by atomic mass is 10.3. The van der Waals surface area contributed by atoms with E-state index in [1.54, 1.807) is 0 Å². The van der Waals surface area contributed by atoms with Gasteiger partial charge in [0, 0.05) is 0 Å². The molecule has 0 aromatic carbocycles. The van der Waals surface area contributed by atoms with Crippen LogP contribution in [0.3, 0.4) is 0 Å². The fraction of sp³-hybridized carbons (Fsp3) is 0.556. The zero-order valence-electron chi connectivity index (χ0n) is 8.62. The molecule has 16 heavy (non-hydrogen) atoms. The highest BCUT2D eigenvalue weighted by Gasteiger charge is 2.43. The van der Waals surface area contributed by atoms with Gasteiger partial charge in [-0.3, -0.25) is 0 Å². The zero-order valence-corrected chi connectivity index (χ0v) is 10.2. The van der Waals surface area contributed by atoms with Crippen LogP contribution in [0.1, 0.15) is 22.5 Å². The molecule has 1 aliphatic carbocycles. The Kier molecular flexibility index (Phi) is 3.05. The molecule has 0 radical (unpaired) electrons. The first-order chi connectivity index (χ1) is 7.60. The minimum absolute atomic E-state index is 0.0533. The molecule has 1 heterocycles. The summed E-state index contributed by atoms with van der Waals surface area (Å²) in [6.45, 7) is 0.0533. The minimum Gasteiger partial charge on any atom is -0.465 e. The molecule has 1 aromatic rings. The van der Waals surface area contributed by atoms with E-state index in [9.17, 15) is 4.79 Å². The summed E-state index contributed by atoms with van der Waals surface area (Å²) >= 11 is 6.94.